The number of carbonyl (C=O) groups is 1. The quantitative estimate of drug-likeness (QED) is 0.826. The van der Waals surface area contributed by atoms with Gasteiger partial charge in [-0.25, -0.2) is 0 Å². The Morgan fingerprint density at radius 1 is 1.14 bits per heavy atom. The van der Waals surface area contributed by atoms with Crippen LogP contribution in [0.4, 0.5) is 5.69 Å². The number of rotatable bonds is 5. The van der Waals surface area contributed by atoms with E-state index in [0.717, 1.165) is 17.5 Å². The van der Waals surface area contributed by atoms with Gasteiger partial charge in [0.05, 0.1) is 19.2 Å². The van der Waals surface area contributed by atoms with Gasteiger partial charge in [0.2, 0.25) is 0 Å². The lowest BCUT2D eigenvalue weighted by molar-refractivity contribution is 0.0998. The van der Waals surface area contributed by atoms with Gasteiger partial charge in [0.15, 0.2) is 5.78 Å². The predicted molar refractivity (Wildman–Crippen MR) is 80.4 cm³/mol. The Bertz CT molecular complexity index is 637. The third-order valence-electron chi connectivity index (χ3n) is 3.18. The van der Waals surface area contributed by atoms with E-state index in [-0.39, 0.29) is 29.4 Å². The van der Waals surface area contributed by atoms with Crippen LogP contribution in [0.3, 0.4) is 0 Å². The summed E-state index contributed by atoms with van der Waals surface area (Å²) in [5.41, 5.74) is 1.05. The second-order valence-electron chi connectivity index (χ2n) is 4.68. The first-order chi connectivity index (χ1) is 10.0. The Morgan fingerprint density at radius 2 is 1.81 bits per heavy atom. The van der Waals surface area contributed by atoms with Gasteiger partial charge >= 0.3 is 0 Å². The standard InChI is InChI=1S/C16H17NO4/c1-17(11-3-6-13(21-2)7-4-11)10-16(20)14-8-5-12(18)9-15(14)19/h3-9,18-19H,10H2,1-2H3. The summed E-state index contributed by atoms with van der Waals surface area (Å²) >= 11 is 0. The minimum Gasteiger partial charge on any atom is -0.508 e. The molecule has 0 unspecified atom stereocenters. The van der Waals surface area contributed by atoms with E-state index in [4.69, 9.17) is 4.74 Å². The molecular weight excluding hydrogens is 270 g/mol. The molecule has 0 saturated carbocycles. The van der Waals surface area contributed by atoms with Crippen molar-refractivity contribution < 1.29 is 19.7 Å². The molecule has 21 heavy (non-hydrogen) atoms. The van der Waals surface area contributed by atoms with Crippen LogP contribution in [0.15, 0.2) is 42.5 Å². The largest absolute Gasteiger partial charge is 0.508 e. The zero-order valence-electron chi connectivity index (χ0n) is 11.9. The Balaban J connectivity index is 2.10. The third kappa shape index (κ3) is 3.45. The molecule has 0 atom stereocenters. The topological polar surface area (TPSA) is 70.0 Å². The zero-order valence-corrected chi connectivity index (χ0v) is 11.9. The van der Waals surface area contributed by atoms with Crippen LogP contribution in [0.5, 0.6) is 17.2 Å². The summed E-state index contributed by atoms with van der Waals surface area (Å²) in [6, 6.07) is 11.3. The van der Waals surface area contributed by atoms with Crippen LogP contribution in [-0.2, 0) is 0 Å². The van der Waals surface area contributed by atoms with Crippen LogP contribution in [0.1, 0.15) is 10.4 Å². The Kier molecular flexibility index (Phi) is 4.33. The minimum absolute atomic E-state index is 0.0763. The van der Waals surface area contributed by atoms with Crippen molar-refractivity contribution in [1.29, 1.82) is 0 Å². The zero-order chi connectivity index (χ0) is 15.4. The van der Waals surface area contributed by atoms with Crippen molar-refractivity contribution in [3.05, 3.63) is 48.0 Å². The molecule has 0 amide bonds. The van der Waals surface area contributed by atoms with Crippen molar-refractivity contribution in [1.82, 2.24) is 0 Å². The maximum atomic E-state index is 12.2. The first-order valence-corrected chi connectivity index (χ1v) is 6.41. The molecule has 0 saturated heterocycles. The molecule has 0 bridgehead atoms. The van der Waals surface area contributed by atoms with E-state index in [1.54, 1.807) is 19.1 Å². The van der Waals surface area contributed by atoms with Crippen molar-refractivity contribution in [2.75, 3.05) is 25.6 Å². The highest BCUT2D eigenvalue weighted by molar-refractivity contribution is 6.01. The van der Waals surface area contributed by atoms with Gasteiger partial charge in [0.25, 0.3) is 0 Å². The van der Waals surface area contributed by atoms with Gasteiger partial charge in [0, 0.05) is 18.8 Å². The summed E-state index contributed by atoms with van der Waals surface area (Å²) in [5, 5.41) is 18.9. The van der Waals surface area contributed by atoms with Gasteiger partial charge in [-0.05, 0) is 36.4 Å². The van der Waals surface area contributed by atoms with Crippen LogP contribution >= 0.6 is 0 Å². The number of aromatic hydroxyl groups is 2. The molecule has 2 rings (SSSR count). The number of anilines is 1. The fourth-order valence-electron chi connectivity index (χ4n) is 1.98. The number of hydrogen-bond donors (Lipinski definition) is 2. The number of likely N-dealkylation sites (N-methyl/N-ethyl adjacent to an activating group) is 1. The number of carbonyl (C=O) groups excluding carboxylic acids is 1. The fraction of sp³-hybridized carbons (Fsp3) is 0.188. The molecule has 0 aliphatic rings. The normalized spacial score (nSPS) is 10.2. The average molecular weight is 287 g/mol. The highest BCUT2D eigenvalue weighted by Gasteiger charge is 2.14. The minimum atomic E-state index is -0.231. The molecule has 0 spiro atoms. The number of ether oxygens (including phenoxy) is 1. The molecule has 0 aliphatic heterocycles. The lowest BCUT2D eigenvalue weighted by atomic mass is 10.1. The monoisotopic (exact) mass is 287 g/mol. The summed E-state index contributed by atoms with van der Waals surface area (Å²) in [7, 11) is 3.38. The molecule has 0 radical (unpaired) electrons. The van der Waals surface area contributed by atoms with Gasteiger partial charge < -0.3 is 19.8 Å². The van der Waals surface area contributed by atoms with Crippen molar-refractivity contribution in [2.45, 2.75) is 0 Å². The van der Waals surface area contributed by atoms with Gasteiger partial charge in [-0.15, -0.1) is 0 Å². The van der Waals surface area contributed by atoms with Crippen LogP contribution in [0.25, 0.3) is 0 Å². The molecule has 2 N–H and O–H groups in total. The number of hydrogen-bond acceptors (Lipinski definition) is 5. The number of nitrogens with zero attached hydrogens (tertiary/aromatic N) is 1. The number of phenolic OH excluding ortho intramolecular Hbond substituents is 2. The summed E-state index contributed by atoms with van der Waals surface area (Å²) in [6.45, 7) is 0.116. The number of methoxy groups -OCH3 is 1. The second-order valence-corrected chi connectivity index (χ2v) is 4.68. The molecule has 5 nitrogen and oxygen atoms in total. The first-order valence-electron chi connectivity index (χ1n) is 6.41. The van der Waals surface area contributed by atoms with E-state index in [1.807, 2.05) is 24.3 Å². The summed E-state index contributed by atoms with van der Waals surface area (Å²) < 4.78 is 5.08. The van der Waals surface area contributed by atoms with Gasteiger partial charge in [-0.2, -0.15) is 0 Å². The summed E-state index contributed by atoms with van der Waals surface area (Å²) in [6.07, 6.45) is 0. The Hall–Kier alpha value is -2.69. The second kappa shape index (κ2) is 6.17. The van der Waals surface area contributed by atoms with Crippen LogP contribution in [-0.4, -0.2) is 36.7 Å². The van der Waals surface area contributed by atoms with Crippen LogP contribution < -0.4 is 9.64 Å². The van der Waals surface area contributed by atoms with Crippen molar-refractivity contribution >= 4 is 11.5 Å². The lowest BCUT2D eigenvalue weighted by Gasteiger charge is -2.19. The molecule has 2 aromatic rings. The van der Waals surface area contributed by atoms with E-state index < -0.39 is 0 Å². The number of benzene rings is 2. The molecule has 0 aromatic heterocycles. The van der Waals surface area contributed by atoms with E-state index >= 15 is 0 Å². The number of ketones is 1. The molecule has 2 aromatic carbocycles. The highest BCUT2D eigenvalue weighted by atomic mass is 16.5. The third-order valence-corrected chi connectivity index (χ3v) is 3.18. The number of Topliss-reactive ketones (excluding diaryl/α,β-unsaturated/α-hetero) is 1. The number of phenols is 2. The van der Waals surface area contributed by atoms with E-state index in [1.165, 1.54) is 12.1 Å². The summed E-state index contributed by atoms with van der Waals surface area (Å²) in [5.74, 6) is 0.219. The maximum absolute atomic E-state index is 12.2. The summed E-state index contributed by atoms with van der Waals surface area (Å²) in [4.78, 5) is 13.9. The average Bonchev–Trinajstić information content (AvgIpc) is 2.47. The highest BCUT2D eigenvalue weighted by Crippen LogP contribution is 2.24. The molecule has 0 fully saturated rings. The van der Waals surface area contributed by atoms with E-state index in [9.17, 15) is 15.0 Å². The maximum Gasteiger partial charge on any atom is 0.185 e. The van der Waals surface area contributed by atoms with Crippen molar-refractivity contribution in [3.63, 3.8) is 0 Å². The lowest BCUT2D eigenvalue weighted by Crippen LogP contribution is -2.25. The smallest absolute Gasteiger partial charge is 0.185 e. The molecule has 0 heterocycles. The molecule has 110 valence electrons. The molecular formula is C16H17NO4. The first kappa shape index (κ1) is 14.7. The Labute approximate surface area is 123 Å². The van der Waals surface area contributed by atoms with Crippen LogP contribution in [0, 0.1) is 0 Å². The SMILES string of the molecule is COc1ccc(N(C)CC(=O)c2ccc(O)cc2O)cc1. The van der Waals surface area contributed by atoms with Gasteiger partial charge in [-0.1, -0.05) is 0 Å². The van der Waals surface area contributed by atoms with Crippen molar-refractivity contribution in [3.8, 4) is 17.2 Å². The Morgan fingerprint density at radius 3 is 2.38 bits per heavy atom. The van der Waals surface area contributed by atoms with Gasteiger partial charge in [0.1, 0.15) is 17.2 Å². The van der Waals surface area contributed by atoms with Crippen LogP contribution in [0.2, 0.25) is 0 Å². The van der Waals surface area contributed by atoms with E-state index in [0.29, 0.717) is 0 Å². The van der Waals surface area contributed by atoms with Crippen molar-refractivity contribution in [2.24, 2.45) is 0 Å². The predicted octanol–water partition coefficient (Wildman–Crippen LogP) is 2.43. The molecule has 5 heteroatoms. The van der Waals surface area contributed by atoms with E-state index in [2.05, 4.69) is 0 Å². The fourth-order valence-corrected chi connectivity index (χ4v) is 1.98. The van der Waals surface area contributed by atoms with Gasteiger partial charge in [-0.3, -0.25) is 4.79 Å². The molecule has 0 aliphatic carbocycles.